The molecule has 0 saturated carbocycles. The fourth-order valence-electron chi connectivity index (χ4n) is 4.01. The minimum Gasteiger partial charge on any atom is -0.507 e. The smallest absolute Gasteiger partial charge is 0.350 e. The van der Waals surface area contributed by atoms with Crippen LogP contribution in [0.25, 0.3) is 5.76 Å². The standard InChI is InChI=1S/C28H26N2O6S/c1-5-14-36-20-9-7-8-19(15-20)22-21(23(31)18-12-10-16(3)11-13-18)24(32)26(33)30(22)28-29-17(4)25(37-28)27(34)35-6-2/h5,7-13,15,22,31H,1,6,14H2,2-4H3/b23-21+. The van der Waals surface area contributed by atoms with Gasteiger partial charge in [0.2, 0.25) is 0 Å². The highest BCUT2D eigenvalue weighted by Crippen LogP contribution is 2.44. The second-order valence-electron chi connectivity index (χ2n) is 8.34. The van der Waals surface area contributed by atoms with Crippen LogP contribution in [0.1, 0.15) is 45.0 Å². The van der Waals surface area contributed by atoms with Gasteiger partial charge in [-0.05, 0) is 38.5 Å². The van der Waals surface area contributed by atoms with Crippen LogP contribution in [0.4, 0.5) is 5.13 Å². The van der Waals surface area contributed by atoms with Crippen molar-refractivity contribution in [1.82, 2.24) is 4.98 Å². The van der Waals surface area contributed by atoms with E-state index in [4.69, 9.17) is 9.47 Å². The van der Waals surface area contributed by atoms with Gasteiger partial charge in [-0.15, -0.1) is 0 Å². The van der Waals surface area contributed by atoms with Crippen LogP contribution in [-0.4, -0.2) is 41.0 Å². The Balaban J connectivity index is 1.90. The molecule has 2 aromatic carbocycles. The van der Waals surface area contributed by atoms with Gasteiger partial charge >= 0.3 is 11.9 Å². The fourth-order valence-corrected chi connectivity index (χ4v) is 5.00. The molecular formula is C28H26N2O6S. The van der Waals surface area contributed by atoms with Crippen molar-refractivity contribution in [3.05, 3.63) is 94.0 Å². The lowest BCUT2D eigenvalue weighted by Gasteiger charge is -2.23. The van der Waals surface area contributed by atoms with Crippen molar-refractivity contribution in [2.45, 2.75) is 26.8 Å². The maximum atomic E-state index is 13.4. The lowest BCUT2D eigenvalue weighted by Crippen LogP contribution is -2.29. The van der Waals surface area contributed by atoms with E-state index in [2.05, 4.69) is 11.6 Å². The van der Waals surface area contributed by atoms with Gasteiger partial charge in [0.05, 0.1) is 23.9 Å². The number of Topliss-reactive ketones (excluding diaryl/α,β-unsaturated/α-hetero) is 1. The Kier molecular flexibility index (Phi) is 7.54. The molecule has 1 atom stereocenters. The Labute approximate surface area is 218 Å². The van der Waals surface area contributed by atoms with Crippen LogP contribution in [-0.2, 0) is 14.3 Å². The highest BCUT2D eigenvalue weighted by atomic mass is 32.1. The number of rotatable bonds is 8. The fraction of sp³-hybridized carbons (Fsp3) is 0.214. The number of esters is 1. The molecule has 1 aromatic heterocycles. The van der Waals surface area contributed by atoms with Crippen LogP contribution < -0.4 is 9.64 Å². The summed E-state index contributed by atoms with van der Waals surface area (Å²) in [6.45, 7) is 9.34. The van der Waals surface area contributed by atoms with Gasteiger partial charge in [0, 0.05) is 5.56 Å². The predicted octanol–water partition coefficient (Wildman–Crippen LogP) is 5.13. The molecule has 4 rings (SSSR count). The number of ketones is 1. The molecule has 0 spiro atoms. The SMILES string of the molecule is C=CCOc1cccc(C2/C(=C(\O)c3ccc(C)cc3)C(=O)C(=O)N2c2nc(C)c(C(=O)OCC)s2)c1. The van der Waals surface area contributed by atoms with E-state index < -0.39 is 23.7 Å². The molecule has 190 valence electrons. The number of carbonyl (C=O) groups excluding carboxylic acids is 3. The normalized spacial score (nSPS) is 16.6. The second-order valence-corrected chi connectivity index (χ2v) is 9.32. The number of aliphatic hydroxyl groups is 1. The zero-order chi connectivity index (χ0) is 26.7. The van der Waals surface area contributed by atoms with Gasteiger partial charge < -0.3 is 14.6 Å². The maximum Gasteiger partial charge on any atom is 0.350 e. The van der Waals surface area contributed by atoms with E-state index in [0.717, 1.165) is 16.9 Å². The number of amides is 1. The summed E-state index contributed by atoms with van der Waals surface area (Å²) >= 11 is 0.957. The van der Waals surface area contributed by atoms with Gasteiger partial charge in [-0.2, -0.15) is 0 Å². The summed E-state index contributed by atoms with van der Waals surface area (Å²) in [6.07, 6.45) is 1.60. The van der Waals surface area contributed by atoms with E-state index in [9.17, 15) is 19.5 Å². The summed E-state index contributed by atoms with van der Waals surface area (Å²) in [7, 11) is 0. The number of ether oxygens (including phenoxy) is 2. The van der Waals surface area contributed by atoms with Crippen LogP contribution in [0.3, 0.4) is 0 Å². The molecule has 1 aliphatic rings. The lowest BCUT2D eigenvalue weighted by molar-refractivity contribution is -0.132. The van der Waals surface area contributed by atoms with E-state index in [1.54, 1.807) is 68.5 Å². The molecule has 1 amide bonds. The quantitative estimate of drug-likeness (QED) is 0.145. The molecule has 9 heteroatoms. The monoisotopic (exact) mass is 518 g/mol. The first-order valence-corrected chi connectivity index (χ1v) is 12.4. The molecule has 0 aliphatic carbocycles. The summed E-state index contributed by atoms with van der Waals surface area (Å²) in [4.78, 5) is 45.1. The number of aromatic nitrogens is 1. The third kappa shape index (κ3) is 5.03. The average Bonchev–Trinajstić information content (AvgIpc) is 3.40. The number of hydrogen-bond donors (Lipinski definition) is 1. The largest absolute Gasteiger partial charge is 0.507 e. The number of aryl methyl sites for hydroxylation is 2. The van der Waals surface area contributed by atoms with Crippen molar-refractivity contribution >= 4 is 39.9 Å². The summed E-state index contributed by atoms with van der Waals surface area (Å²) in [5, 5.41) is 11.4. The van der Waals surface area contributed by atoms with E-state index in [-0.39, 0.29) is 34.6 Å². The van der Waals surface area contributed by atoms with Crippen molar-refractivity contribution in [3.63, 3.8) is 0 Å². The minimum absolute atomic E-state index is 0.0831. The Morgan fingerprint density at radius 1 is 1.19 bits per heavy atom. The maximum absolute atomic E-state index is 13.4. The molecule has 1 fully saturated rings. The van der Waals surface area contributed by atoms with Crippen molar-refractivity contribution in [3.8, 4) is 5.75 Å². The number of benzene rings is 2. The number of anilines is 1. The number of hydrogen-bond acceptors (Lipinski definition) is 8. The van der Waals surface area contributed by atoms with Crippen LogP contribution >= 0.6 is 11.3 Å². The minimum atomic E-state index is -1.01. The molecule has 0 bridgehead atoms. The van der Waals surface area contributed by atoms with Crippen molar-refractivity contribution in [1.29, 1.82) is 0 Å². The van der Waals surface area contributed by atoms with Crippen LogP contribution in [0.15, 0.2) is 66.8 Å². The molecular weight excluding hydrogens is 492 g/mol. The summed E-state index contributed by atoms with van der Waals surface area (Å²) in [5.41, 5.74) is 2.20. The van der Waals surface area contributed by atoms with Crippen molar-refractivity contribution in [2.75, 3.05) is 18.1 Å². The summed E-state index contributed by atoms with van der Waals surface area (Å²) < 4.78 is 10.8. The van der Waals surface area contributed by atoms with E-state index in [1.165, 1.54) is 4.90 Å². The highest BCUT2D eigenvalue weighted by molar-refractivity contribution is 7.17. The third-order valence-corrected chi connectivity index (χ3v) is 6.90. The molecule has 1 N–H and O–H groups in total. The molecule has 2 heterocycles. The predicted molar refractivity (Wildman–Crippen MR) is 141 cm³/mol. The van der Waals surface area contributed by atoms with Crippen molar-refractivity contribution in [2.24, 2.45) is 0 Å². The van der Waals surface area contributed by atoms with E-state index >= 15 is 0 Å². The van der Waals surface area contributed by atoms with Crippen molar-refractivity contribution < 1.29 is 29.0 Å². The zero-order valence-electron chi connectivity index (χ0n) is 20.7. The Morgan fingerprint density at radius 2 is 1.92 bits per heavy atom. The molecule has 1 saturated heterocycles. The van der Waals surface area contributed by atoms with Gasteiger partial charge in [-0.1, -0.05) is 66.0 Å². The first kappa shape index (κ1) is 25.8. The van der Waals surface area contributed by atoms with Gasteiger partial charge in [0.1, 0.15) is 23.0 Å². The zero-order valence-corrected chi connectivity index (χ0v) is 21.5. The molecule has 8 nitrogen and oxygen atoms in total. The number of carbonyl (C=O) groups is 3. The Hall–Kier alpha value is -4.24. The molecule has 1 unspecified atom stereocenters. The number of thiazole rings is 1. The topological polar surface area (TPSA) is 106 Å². The Morgan fingerprint density at radius 3 is 2.59 bits per heavy atom. The van der Waals surface area contributed by atoms with Gasteiger partial charge in [-0.25, -0.2) is 9.78 Å². The van der Waals surface area contributed by atoms with Gasteiger partial charge in [-0.3, -0.25) is 14.5 Å². The highest BCUT2D eigenvalue weighted by Gasteiger charge is 2.48. The van der Waals surface area contributed by atoms with E-state index in [0.29, 0.717) is 22.6 Å². The van der Waals surface area contributed by atoms with Gasteiger partial charge in [0.25, 0.3) is 5.78 Å². The Bertz CT molecular complexity index is 1410. The second kappa shape index (κ2) is 10.8. The lowest BCUT2D eigenvalue weighted by atomic mass is 9.95. The van der Waals surface area contributed by atoms with Crippen LogP contribution in [0.2, 0.25) is 0 Å². The average molecular weight is 519 g/mol. The molecule has 3 aromatic rings. The van der Waals surface area contributed by atoms with Crippen LogP contribution in [0.5, 0.6) is 5.75 Å². The number of aliphatic hydroxyl groups excluding tert-OH is 1. The summed E-state index contributed by atoms with van der Waals surface area (Å²) in [6, 6.07) is 12.9. The van der Waals surface area contributed by atoms with Crippen LogP contribution in [0, 0.1) is 13.8 Å². The molecule has 0 radical (unpaired) electrons. The number of nitrogens with zero attached hydrogens (tertiary/aromatic N) is 2. The first-order valence-electron chi connectivity index (χ1n) is 11.6. The first-order chi connectivity index (χ1) is 17.8. The van der Waals surface area contributed by atoms with Gasteiger partial charge in [0.15, 0.2) is 5.13 Å². The molecule has 1 aliphatic heterocycles. The summed E-state index contributed by atoms with van der Waals surface area (Å²) in [5.74, 6) is -2.08. The third-order valence-electron chi connectivity index (χ3n) is 5.76. The molecule has 37 heavy (non-hydrogen) atoms. The van der Waals surface area contributed by atoms with E-state index in [1.807, 2.05) is 6.92 Å².